The fourth-order valence-electron chi connectivity index (χ4n) is 3.13. The Labute approximate surface area is 129 Å². The number of rotatable bonds is 2. The third kappa shape index (κ3) is 2.84. The fraction of sp³-hybridized carbons (Fsp3) is 0.353. The van der Waals surface area contributed by atoms with Crippen molar-refractivity contribution in [3.05, 3.63) is 58.0 Å². The van der Waals surface area contributed by atoms with Crippen molar-refractivity contribution in [3.8, 4) is 0 Å². The summed E-state index contributed by atoms with van der Waals surface area (Å²) in [6.45, 7) is 4.93. The van der Waals surface area contributed by atoms with Crippen LogP contribution in [0.25, 0.3) is 0 Å². The normalized spacial score (nSPS) is 18.2. The number of furan rings is 1. The fourth-order valence-corrected chi connectivity index (χ4v) is 3.28. The minimum Gasteiger partial charge on any atom is -0.440 e. The lowest BCUT2D eigenvalue weighted by atomic mass is 9.99. The molecule has 1 amide bonds. The van der Waals surface area contributed by atoms with E-state index < -0.39 is 0 Å². The number of carbonyl (C=O) groups is 1. The molecule has 1 atom stereocenters. The van der Waals surface area contributed by atoms with E-state index in [0.29, 0.717) is 5.76 Å². The summed E-state index contributed by atoms with van der Waals surface area (Å²) in [6.07, 6.45) is 2.00. The molecule has 3 nitrogen and oxygen atoms in total. The number of amides is 1. The molecule has 1 aromatic carbocycles. The number of hydrogen-bond donors (Lipinski definition) is 0. The summed E-state index contributed by atoms with van der Waals surface area (Å²) < 4.78 is 5.26. The highest BCUT2D eigenvalue weighted by Gasteiger charge is 2.32. The third-order valence-corrected chi connectivity index (χ3v) is 4.13. The highest BCUT2D eigenvalue weighted by Crippen LogP contribution is 2.34. The monoisotopic (exact) mass is 303 g/mol. The van der Waals surface area contributed by atoms with Gasteiger partial charge < -0.3 is 9.32 Å². The molecule has 1 fully saturated rings. The van der Waals surface area contributed by atoms with Crippen LogP contribution in [0.2, 0.25) is 5.22 Å². The maximum atomic E-state index is 12.6. The van der Waals surface area contributed by atoms with Crippen molar-refractivity contribution >= 4 is 17.5 Å². The van der Waals surface area contributed by atoms with Gasteiger partial charge in [0.25, 0.3) is 5.91 Å². The molecule has 0 N–H and O–H groups in total. The van der Waals surface area contributed by atoms with E-state index in [1.165, 1.54) is 16.7 Å². The minimum absolute atomic E-state index is 0.0800. The van der Waals surface area contributed by atoms with E-state index >= 15 is 0 Å². The van der Waals surface area contributed by atoms with Gasteiger partial charge in [-0.2, -0.15) is 0 Å². The van der Waals surface area contributed by atoms with E-state index in [1.54, 1.807) is 12.1 Å². The maximum absolute atomic E-state index is 12.6. The first-order valence-corrected chi connectivity index (χ1v) is 7.57. The number of likely N-dealkylation sites (tertiary alicyclic amines) is 1. The van der Waals surface area contributed by atoms with Crippen molar-refractivity contribution in [2.24, 2.45) is 0 Å². The SMILES string of the molecule is Cc1cc(C)cc(C2CCCN2C(=O)c2ccc(Cl)o2)c1. The first-order valence-electron chi connectivity index (χ1n) is 7.19. The molecule has 0 spiro atoms. The van der Waals surface area contributed by atoms with Crippen LogP contribution in [0.4, 0.5) is 0 Å². The van der Waals surface area contributed by atoms with Crippen LogP contribution in [0.3, 0.4) is 0 Å². The van der Waals surface area contributed by atoms with Gasteiger partial charge >= 0.3 is 0 Å². The van der Waals surface area contributed by atoms with Crippen LogP contribution >= 0.6 is 11.6 Å². The van der Waals surface area contributed by atoms with Crippen molar-refractivity contribution in [2.45, 2.75) is 32.7 Å². The predicted molar refractivity (Wildman–Crippen MR) is 82.6 cm³/mol. The Kier molecular flexibility index (Phi) is 3.77. The second-order valence-corrected chi connectivity index (χ2v) is 6.05. The molecule has 0 saturated carbocycles. The molecular weight excluding hydrogens is 286 g/mol. The molecule has 4 heteroatoms. The van der Waals surface area contributed by atoms with Crippen LogP contribution in [0.1, 0.15) is 46.1 Å². The summed E-state index contributed by atoms with van der Waals surface area (Å²) in [6, 6.07) is 9.85. The van der Waals surface area contributed by atoms with Gasteiger partial charge in [-0.25, -0.2) is 0 Å². The van der Waals surface area contributed by atoms with Crippen molar-refractivity contribution in [1.82, 2.24) is 4.90 Å². The van der Waals surface area contributed by atoms with Crippen molar-refractivity contribution < 1.29 is 9.21 Å². The van der Waals surface area contributed by atoms with Crippen LogP contribution in [0.5, 0.6) is 0 Å². The van der Waals surface area contributed by atoms with E-state index in [9.17, 15) is 4.79 Å². The molecule has 1 aromatic heterocycles. The summed E-state index contributed by atoms with van der Waals surface area (Å²) in [7, 11) is 0. The average Bonchev–Trinajstić information content (AvgIpc) is 3.05. The smallest absolute Gasteiger partial charge is 0.290 e. The van der Waals surface area contributed by atoms with E-state index in [4.69, 9.17) is 16.0 Å². The molecule has 0 radical (unpaired) electrons. The second kappa shape index (κ2) is 5.57. The molecule has 3 rings (SSSR count). The molecule has 110 valence electrons. The lowest BCUT2D eigenvalue weighted by Gasteiger charge is -2.24. The van der Waals surface area contributed by atoms with E-state index in [0.717, 1.165) is 19.4 Å². The zero-order valence-corrected chi connectivity index (χ0v) is 13.0. The number of hydrogen-bond acceptors (Lipinski definition) is 2. The zero-order valence-electron chi connectivity index (χ0n) is 12.2. The van der Waals surface area contributed by atoms with Gasteiger partial charge in [-0.15, -0.1) is 0 Å². The van der Waals surface area contributed by atoms with E-state index in [2.05, 4.69) is 32.0 Å². The molecule has 0 bridgehead atoms. The first-order chi connectivity index (χ1) is 10.0. The molecular formula is C17H18ClNO2. The minimum atomic E-state index is -0.0800. The summed E-state index contributed by atoms with van der Waals surface area (Å²) in [4.78, 5) is 14.5. The Morgan fingerprint density at radius 3 is 2.57 bits per heavy atom. The van der Waals surface area contributed by atoms with Gasteiger partial charge in [0.05, 0.1) is 6.04 Å². The van der Waals surface area contributed by atoms with Crippen LogP contribution in [-0.4, -0.2) is 17.4 Å². The molecule has 0 aliphatic carbocycles. The van der Waals surface area contributed by atoms with Gasteiger partial charge in [0.2, 0.25) is 0 Å². The second-order valence-electron chi connectivity index (χ2n) is 5.68. The van der Waals surface area contributed by atoms with Crippen LogP contribution in [-0.2, 0) is 0 Å². The number of benzene rings is 1. The molecule has 21 heavy (non-hydrogen) atoms. The molecule has 1 unspecified atom stereocenters. The molecule has 1 aliphatic rings. The van der Waals surface area contributed by atoms with Crippen LogP contribution in [0, 0.1) is 13.8 Å². The summed E-state index contributed by atoms with van der Waals surface area (Å²) in [5.74, 6) is 0.236. The number of halogens is 1. The molecule has 1 aliphatic heterocycles. The third-order valence-electron chi connectivity index (χ3n) is 3.93. The quantitative estimate of drug-likeness (QED) is 0.817. The van der Waals surface area contributed by atoms with Crippen LogP contribution in [0.15, 0.2) is 34.7 Å². The van der Waals surface area contributed by atoms with Gasteiger partial charge in [0, 0.05) is 6.54 Å². The molecule has 2 heterocycles. The predicted octanol–water partition coefficient (Wildman–Crippen LogP) is 4.53. The van der Waals surface area contributed by atoms with Gasteiger partial charge in [-0.1, -0.05) is 29.3 Å². The first kappa shape index (κ1) is 14.2. The van der Waals surface area contributed by atoms with Gasteiger partial charge in [0.15, 0.2) is 11.0 Å². The molecule has 1 saturated heterocycles. The maximum Gasteiger partial charge on any atom is 0.290 e. The van der Waals surface area contributed by atoms with Crippen LogP contribution < -0.4 is 0 Å². The van der Waals surface area contributed by atoms with E-state index in [-0.39, 0.29) is 17.2 Å². The largest absolute Gasteiger partial charge is 0.440 e. The summed E-state index contributed by atoms with van der Waals surface area (Å²) in [5.41, 5.74) is 3.66. The topological polar surface area (TPSA) is 33.5 Å². The van der Waals surface area contributed by atoms with E-state index in [1.807, 2.05) is 4.90 Å². The lowest BCUT2D eigenvalue weighted by molar-refractivity contribution is 0.0703. The zero-order chi connectivity index (χ0) is 15.0. The highest BCUT2D eigenvalue weighted by molar-refractivity contribution is 6.29. The van der Waals surface area contributed by atoms with Gasteiger partial charge in [-0.05, 0) is 56.0 Å². The average molecular weight is 304 g/mol. The molecule has 2 aromatic rings. The highest BCUT2D eigenvalue weighted by atomic mass is 35.5. The number of nitrogens with zero attached hydrogens (tertiary/aromatic N) is 1. The summed E-state index contributed by atoms with van der Waals surface area (Å²) in [5, 5.41) is 0.250. The summed E-state index contributed by atoms with van der Waals surface area (Å²) >= 11 is 5.77. The van der Waals surface area contributed by atoms with Crippen molar-refractivity contribution in [3.63, 3.8) is 0 Å². The standard InChI is InChI=1S/C17H18ClNO2/c1-11-8-12(2)10-13(9-11)14-4-3-7-19(14)17(20)15-5-6-16(18)21-15/h5-6,8-10,14H,3-4,7H2,1-2H3. The number of carbonyl (C=O) groups excluding carboxylic acids is 1. The Hall–Kier alpha value is -1.74. The van der Waals surface area contributed by atoms with Gasteiger partial charge in [-0.3, -0.25) is 4.79 Å². The Balaban J connectivity index is 1.90. The number of aryl methyl sites for hydroxylation is 2. The lowest BCUT2D eigenvalue weighted by Crippen LogP contribution is -2.30. The van der Waals surface area contributed by atoms with Gasteiger partial charge in [0.1, 0.15) is 0 Å². The van der Waals surface area contributed by atoms with Crippen molar-refractivity contribution in [1.29, 1.82) is 0 Å². The Bertz CT molecular complexity index is 657. The van der Waals surface area contributed by atoms with Crippen molar-refractivity contribution in [2.75, 3.05) is 6.54 Å². The Morgan fingerprint density at radius 2 is 1.95 bits per heavy atom. The Morgan fingerprint density at radius 1 is 1.24 bits per heavy atom.